The fourth-order valence-corrected chi connectivity index (χ4v) is 5.04. The fraction of sp³-hybridized carbons (Fsp3) is 0.280. The summed E-state index contributed by atoms with van der Waals surface area (Å²) in [6.07, 6.45) is 1.62. The van der Waals surface area contributed by atoms with Gasteiger partial charge in [-0.3, -0.25) is 9.59 Å². The van der Waals surface area contributed by atoms with E-state index in [1.807, 2.05) is 48.2 Å². The maximum Gasteiger partial charge on any atom is 0.251 e. The molecule has 1 aliphatic heterocycles. The number of carbonyl (C=O) groups is 2. The molecule has 2 heterocycles. The first-order valence-corrected chi connectivity index (χ1v) is 11.4. The van der Waals surface area contributed by atoms with Crippen LogP contribution >= 0.6 is 11.8 Å². The summed E-state index contributed by atoms with van der Waals surface area (Å²) in [6, 6.07) is 17.4. The third-order valence-electron chi connectivity index (χ3n) is 5.58. The summed E-state index contributed by atoms with van der Waals surface area (Å²) in [5.41, 5.74) is 5.07. The molecule has 0 radical (unpaired) electrons. The second-order valence-electron chi connectivity index (χ2n) is 7.94. The van der Waals surface area contributed by atoms with Crippen molar-refractivity contribution in [2.45, 2.75) is 38.7 Å². The fourth-order valence-electron chi connectivity index (χ4n) is 3.85. The lowest BCUT2D eigenvalue weighted by Crippen LogP contribution is -2.28. The van der Waals surface area contributed by atoms with Crippen molar-refractivity contribution in [3.05, 3.63) is 94.4 Å². The second-order valence-corrected chi connectivity index (χ2v) is 9.01. The monoisotopic (exact) mass is 434 g/mol. The van der Waals surface area contributed by atoms with Gasteiger partial charge in [0.15, 0.2) is 0 Å². The van der Waals surface area contributed by atoms with Gasteiger partial charge in [-0.2, -0.15) is 0 Å². The number of hydrogen-bond donors (Lipinski definition) is 1. The van der Waals surface area contributed by atoms with Gasteiger partial charge in [-0.05, 0) is 61.7 Å². The molecule has 1 aromatic heterocycles. The summed E-state index contributed by atoms with van der Waals surface area (Å²) < 4.78 is 5.41. The van der Waals surface area contributed by atoms with Crippen molar-refractivity contribution in [2.75, 3.05) is 5.75 Å². The average Bonchev–Trinajstić information content (AvgIpc) is 3.40. The van der Waals surface area contributed by atoms with Crippen LogP contribution in [0.3, 0.4) is 0 Å². The number of carbonyl (C=O) groups excluding carboxylic acids is 2. The van der Waals surface area contributed by atoms with Crippen LogP contribution in [0.4, 0.5) is 0 Å². The van der Waals surface area contributed by atoms with E-state index in [1.165, 1.54) is 5.56 Å². The number of nitrogens with one attached hydrogen (secondary N) is 1. The van der Waals surface area contributed by atoms with Gasteiger partial charge in [-0.25, -0.2) is 0 Å². The maximum atomic E-state index is 12.8. The lowest BCUT2D eigenvalue weighted by atomic mass is 9.99. The molecule has 6 heteroatoms. The molecule has 1 N–H and O–H groups in total. The van der Waals surface area contributed by atoms with Crippen molar-refractivity contribution < 1.29 is 14.0 Å². The van der Waals surface area contributed by atoms with E-state index < -0.39 is 0 Å². The molecular weight excluding hydrogens is 408 g/mol. The average molecular weight is 435 g/mol. The zero-order valence-electron chi connectivity index (χ0n) is 17.9. The molecule has 2 atom stereocenters. The SMILES string of the molecule is Cc1ccc(C)c(C(C)NC(=O)c2ccc(C3SCC(=O)N3Cc3ccco3)cc2)c1. The van der Waals surface area contributed by atoms with Crippen LogP contribution in [0.2, 0.25) is 0 Å². The normalized spacial score (nSPS) is 17.1. The molecule has 31 heavy (non-hydrogen) atoms. The van der Waals surface area contributed by atoms with Crippen molar-refractivity contribution >= 4 is 23.6 Å². The van der Waals surface area contributed by atoms with Crippen LogP contribution in [-0.4, -0.2) is 22.5 Å². The predicted molar refractivity (Wildman–Crippen MR) is 123 cm³/mol. The Morgan fingerprint density at radius 3 is 2.68 bits per heavy atom. The minimum atomic E-state index is -0.109. The summed E-state index contributed by atoms with van der Waals surface area (Å²) in [7, 11) is 0. The van der Waals surface area contributed by atoms with E-state index in [0.717, 1.165) is 22.5 Å². The molecule has 2 aromatic carbocycles. The number of rotatable bonds is 6. The first-order chi connectivity index (χ1) is 14.9. The molecule has 5 nitrogen and oxygen atoms in total. The number of amides is 2. The lowest BCUT2D eigenvalue weighted by molar-refractivity contribution is -0.128. The van der Waals surface area contributed by atoms with E-state index in [1.54, 1.807) is 18.0 Å². The second kappa shape index (κ2) is 9.02. The van der Waals surface area contributed by atoms with Gasteiger partial charge in [-0.15, -0.1) is 11.8 Å². The zero-order chi connectivity index (χ0) is 22.0. The van der Waals surface area contributed by atoms with Gasteiger partial charge in [0.25, 0.3) is 5.91 Å². The molecule has 1 saturated heterocycles. The summed E-state index contributed by atoms with van der Waals surface area (Å²) >= 11 is 1.59. The summed E-state index contributed by atoms with van der Waals surface area (Å²) in [5, 5.41) is 3.01. The number of nitrogens with zero attached hydrogens (tertiary/aromatic N) is 1. The highest BCUT2D eigenvalue weighted by molar-refractivity contribution is 8.00. The Morgan fingerprint density at radius 2 is 1.97 bits per heavy atom. The minimum absolute atomic E-state index is 0.0800. The van der Waals surface area contributed by atoms with E-state index >= 15 is 0 Å². The Bertz CT molecular complexity index is 1080. The largest absolute Gasteiger partial charge is 0.467 e. The van der Waals surface area contributed by atoms with Gasteiger partial charge in [0.1, 0.15) is 11.1 Å². The lowest BCUT2D eigenvalue weighted by Gasteiger charge is -2.23. The minimum Gasteiger partial charge on any atom is -0.467 e. The Hall–Kier alpha value is -2.99. The topological polar surface area (TPSA) is 62.6 Å². The van der Waals surface area contributed by atoms with E-state index in [0.29, 0.717) is 17.9 Å². The first-order valence-electron chi connectivity index (χ1n) is 10.3. The van der Waals surface area contributed by atoms with Crippen molar-refractivity contribution in [1.29, 1.82) is 0 Å². The Kier molecular flexibility index (Phi) is 6.18. The van der Waals surface area contributed by atoms with Gasteiger partial charge in [0.2, 0.25) is 5.91 Å². The van der Waals surface area contributed by atoms with Gasteiger partial charge in [-0.1, -0.05) is 35.9 Å². The molecule has 0 bridgehead atoms. The molecule has 2 unspecified atom stereocenters. The smallest absolute Gasteiger partial charge is 0.251 e. The number of benzene rings is 2. The van der Waals surface area contributed by atoms with Crippen LogP contribution in [-0.2, 0) is 11.3 Å². The third kappa shape index (κ3) is 4.69. The molecule has 1 aliphatic rings. The van der Waals surface area contributed by atoms with Gasteiger partial charge in [0.05, 0.1) is 24.6 Å². The van der Waals surface area contributed by atoms with E-state index in [9.17, 15) is 9.59 Å². The van der Waals surface area contributed by atoms with Crippen LogP contribution in [0.25, 0.3) is 0 Å². The van der Waals surface area contributed by atoms with E-state index in [-0.39, 0.29) is 23.2 Å². The van der Waals surface area contributed by atoms with Gasteiger partial charge in [0, 0.05) is 5.56 Å². The van der Waals surface area contributed by atoms with Crippen LogP contribution in [0.15, 0.2) is 65.3 Å². The molecule has 3 aromatic rings. The van der Waals surface area contributed by atoms with Gasteiger partial charge < -0.3 is 14.6 Å². The Balaban J connectivity index is 1.45. The molecule has 1 fully saturated rings. The van der Waals surface area contributed by atoms with Crippen molar-refractivity contribution in [1.82, 2.24) is 10.2 Å². The Labute approximate surface area is 186 Å². The quantitative estimate of drug-likeness (QED) is 0.582. The third-order valence-corrected chi connectivity index (χ3v) is 6.84. The highest BCUT2D eigenvalue weighted by Crippen LogP contribution is 2.39. The van der Waals surface area contributed by atoms with Crippen molar-refractivity contribution in [3.8, 4) is 0 Å². The maximum absolute atomic E-state index is 12.8. The van der Waals surface area contributed by atoms with Crippen LogP contribution in [0.1, 0.15) is 56.7 Å². The summed E-state index contributed by atoms with van der Waals surface area (Å²) in [4.78, 5) is 27.0. The van der Waals surface area contributed by atoms with Crippen LogP contribution < -0.4 is 5.32 Å². The highest BCUT2D eigenvalue weighted by Gasteiger charge is 2.33. The first kappa shape index (κ1) is 21.2. The molecular formula is C25H26N2O3S. The van der Waals surface area contributed by atoms with Crippen molar-refractivity contribution in [3.63, 3.8) is 0 Å². The number of hydrogen-bond acceptors (Lipinski definition) is 4. The molecule has 0 aliphatic carbocycles. The molecule has 4 rings (SSSR count). The van der Waals surface area contributed by atoms with Crippen LogP contribution in [0.5, 0.6) is 0 Å². The summed E-state index contributed by atoms with van der Waals surface area (Å²) in [5.74, 6) is 1.19. The summed E-state index contributed by atoms with van der Waals surface area (Å²) in [6.45, 7) is 6.55. The molecule has 2 amide bonds. The highest BCUT2D eigenvalue weighted by atomic mass is 32.2. The number of aryl methyl sites for hydroxylation is 2. The van der Waals surface area contributed by atoms with Crippen molar-refractivity contribution in [2.24, 2.45) is 0 Å². The van der Waals surface area contributed by atoms with Crippen LogP contribution in [0, 0.1) is 13.8 Å². The number of furan rings is 1. The Morgan fingerprint density at radius 1 is 1.19 bits per heavy atom. The van der Waals surface area contributed by atoms with E-state index in [2.05, 4.69) is 37.4 Å². The zero-order valence-corrected chi connectivity index (χ0v) is 18.7. The predicted octanol–water partition coefficient (Wildman–Crippen LogP) is 5.16. The molecule has 0 saturated carbocycles. The molecule has 0 spiro atoms. The molecule has 160 valence electrons. The number of thioether (sulfide) groups is 1. The van der Waals surface area contributed by atoms with Gasteiger partial charge >= 0.3 is 0 Å². The van der Waals surface area contributed by atoms with E-state index in [4.69, 9.17) is 4.42 Å². The standard InChI is InChI=1S/C25H26N2O3S/c1-16-6-7-17(2)22(13-16)18(3)26-24(29)19-8-10-20(11-9-19)25-27(23(28)15-31-25)14-21-5-4-12-30-21/h4-13,18,25H,14-15H2,1-3H3,(H,26,29).